The fourth-order valence-corrected chi connectivity index (χ4v) is 5.87. The monoisotopic (exact) mass is 232 g/mol. The van der Waals surface area contributed by atoms with Crippen LogP contribution < -0.4 is 0 Å². The molecule has 0 saturated carbocycles. The highest BCUT2D eigenvalue weighted by Gasteiger charge is 2.31. The molecular formula is C14H32S. The van der Waals surface area contributed by atoms with Gasteiger partial charge >= 0.3 is 0 Å². The Kier molecular flexibility index (Phi) is 6.99. The summed E-state index contributed by atoms with van der Waals surface area (Å²) in [7, 11) is -0.406. The third kappa shape index (κ3) is 3.69. The van der Waals surface area contributed by atoms with Crippen molar-refractivity contribution in [3.05, 3.63) is 0 Å². The topological polar surface area (TPSA) is 0 Å². The Morgan fingerprint density at radius 3 is 1.80 bits per heavy atom. The average molecular weight is 232 g/mol. The van der Waals surface area contributed by atoms with E-state index in [1.165, 1.54) is 25.0 Å². The molecule has 0 aromatic heterocycles. The van der Waals surface area contributed by atoms with Crippen LogP contribution in [-0.2, 0) is 0 Å². The lowest BCUT2D eigenvalue weighted by molar-refractivity contribution is 0.457. The Hall–Kier alpha value is 0.350. The van der Waals surface area contributed by atoms with Crippen LogP contribution in [0.4, 0.5) is 0 Å². The van der Waals surface area contributed by atoms with Crippen molar-refractivity contribution in [1.29, 1.82) is 0 Å². The zero-order valence-corrected chi connectivity index (χ0v) is 12.8. The van der Waals surface area contributed by atoms with Gasteiger partial charge in [-0.25, -0.2) is 10.0 Å². The van der Waals surface area contributed by atoms with Crippen LogP contribution in [0.5, 0.6) is 0 Å². The molecular weight excluding hydrogens is 200 g/mol. The van der Waals surface area contributed by atoms with Crippen molar-refractivity contribution in [3.63, 3.8) is 0 Å². The Bertz CT molecular complexity index is 165. The van der Waals surface area contributed by atoms with E-state index in [1.54, 1.807) is 0 Å². The van der Waals surface area contributed by atoms with Gasteiger partial charge in [0.25, 0.3) is 0 Å². The summed E-state index contributed by atoms with van der Waals surface area (Å²) in [6.07, 6.45) is 6.71. The molecule has 0 amide bonds. The summed E-state index contributed by atoms with van der Waals surface area (Å²) in [5.41, 5.74) is 0. The summed E-state index contributed by atoms with van der Waals surface area (Å²) in [4.78, 5) is 0. The third-order valence-electron chi connectivity index (χ3n) is 4.40. The zero-order valence-electron chi connectivity index (χ0n) is 12.0. The maximum atomic E-state index is 2.57. The van der Waals surface area contributed by atoms with E-state index in [9.17, 15) is 0 Å². The minimum atomic E-state index is -0.406. The molecule has 0 aromatic carbocycles. The first-order chi connectivity index (χ1) is 6.93. The Balaban J connectivity index is 4.67. The van der Waals surface area contributed by atoms with Crippen molar-refractivity contribution in [2.24, 2.45) is 5.92 Å². The van der Waals surface area contributed by atoms with Crippen LogP contribution in [-0.4, -0.2) is 22.5 Å². The Labute approximate surface area is 99.5 Å². The highest BCUT2D eigenvalue weighted by Crippen LogP contribution is 2.56. The lowest BCUT2D eigenvalue weighted by Gasteiger charge is -2.48. The molecule has 0 aliphatic heterocycles. The van der Waals surface area contributed by atoms with E-state index in [0.717, 1.165) is 16.4 Å². The van der Waals surface area contributed by atoms with Gasteiger partial charge in [0.1, 0.15) is 0 Å². The van der Waals surface area contributed by atoms with Crippen LogP contribution in [0.2, 0.25) is 0 Å². The van der Waals surface area contributed by atoms with Crippen molar-refractivity contribution in [2.45, 2.75) is 71.3 Å². The van der Waals surface area contributed by atoms with Crippen LogP contribution in [0, 0.1) is 5.92 Å². The van der Waals surface area contributed by atoms with Gasteiger partial charge in [0, 0.05) is 0 Å². The average Bonchev–Trinajstić information content (AvgIpc) is 2.23. The second kappa shape index (κ2) is 6.83. The molecule has 1 heteroatoms. The molecule has 3 unspecified atom stereocenters. The van der Waals surface area contributed by atoms with Crippen LogP contribution in [0.25, 0.3) is 0 Å². The molecule has 0 rings (SSSR count). The minimum Gasteiger partial charge on any atom is -0.239 e. The smallest absolute Gasteiger partial charge is 0.0112 e. The maximum Gasteiger partial charge on any atom is -0.0112 e. The van der Waals surface area contributed by atoms with E-state index >= 15 is 0 Å². The summed E-state index contributed by atoms with van der Waals surface area (Å²) >= 11 is 0. The lowest BCUT2D eigenvalue weighted by atomic mass is 9.98. The number of rotatable bonds is 7. The molecule has 15 heavy (non-hydrogen) atoms. The van der Waals surface area contributed by atoms with E-state index in [4.69, 9.17) is 0 Å². The van der Waals surface area contributed by atoms with Crippen LogP contribution in [0.3, 0.4) is 0 Å². The second-order valence-corrected chi connectivity index (χ2v) is 9.95. The summed E-state index contributed by atoms with van der Waals surface area (Å²) in [5.74, 6) is 2.35. The van der Waals surface area contributed by atoms with Gasteiger partial charge in [-0.15, -0.1) is 0 Å². The summed E-state index contributed by atoms with van der Waals surface area (Å²) in [6, 6.07) is 0. The van der Waals surface area contributed by atoms with E-state index in [-0.39, 0.29) is 0 Å². The Morgan fingerprint density at radius 2 is 1.53 bits per heavy atom. The highest BCUT2D eigenvalue weighted by molar-refractivity contribution is 8.34. The van der Waals surface area contributed by atoms with E-state index in [1.807, 2.05) is 0 Å². The Morgan fingerprint density at radius 1 is 1.00 bits per heavy atom. The first-order valence-corrected chi connectivity index (χ1v) is 9.01. The largest absolute Gasteiger partial charge is 0.239 e. The first-order valence-electron chi connectivity index (χ1n) is 6.67. The van der Waals surface area contributed by atoms with Crippen molar-refractivity contribution < 1.29 is 0 Å². The fraction of sp³-hybridized carbons (Fsp3) is 1.00. The fourth-order valence-electron chi connectivity index (χ4n) is 2.61. The molecule has 3 atom stereocenters. The van der Waals surface area contributed by atoms with Crippen molar-refractivity contribution >= 4 is 10.0 Å². The molecule has 0 fully saturated rings. The van der Waals surface area contributed by atoms with Gasteiger partial charge in [-0.1, -0.05) is 54.4 Å². The second-order valence-electron chi connectivity index (χ2n) is 5.23. The van der Waals surface area contributed by atoms with Gasteiger partial charge in [-0.05, 0) is 34.8 Å². The number of hydrogen-bond donors (Lipinski definition) is 0. The van der Waals surface area contributed by atoms with Crippen molar-refractivity contribution in [3.8, 4) is 0 Å². The predicted molar refractivity (Wildman–Crippen MR) is 77.3 cm³/mol. The van der Waals surface area contributed by atoms with Crippen LogP contribution >= 0.6 is 10.0 Å². The standard InChI is InChI=1S/C14H32S/c1-8-11-14(9-2)13(6)15(7,10-3)12(4)5/h12-14H,8-11H2,1-7H3. The minimum absolute atomic E-state index is 0.406. The molecule has 0 N–H and O–H groups in total. The third-order valence-corrected chi connectivity index (χ3v) is 9.88. The molecule has 0 aromatic rings. The molecule has 0 nitrogen and oxygen atoms in total. The molecule has 0 saturated heterocycles. The van der Waals surface area contributed by atoms with E-state index in [0.29, 0.717) is 0 Å². The summed E-state index contributed by atoms with van der Waals surface area (Å²) < 4.78 is 0. The van der Waals surface area contributed by atoms with Crippen LogP contribution in [0.1, 0.15) is 60.8 Å². The van der Waals surface area contributed by atoms with Gasteiger partial charge in [-0.3, -0.25) is 0 Å². The zero-order chi connectivity index (χ0) is 12.1. The summed E-state index contributed by atoms with van der Waals surface area (Å²) in [5, 5.41) is 1.82. The van der Waals surface area contributed by atoms with E-state index in [2.05, 4.69) is 47.8 Å². The van der Waals surface area contributed by atoms with Crippen LogP contribution in [0.15, 0.2) is 0 Å². The van der Waals surface area contributed by atoms with E-state index < -0.39 is 10.0 Å². The summed E-state index contributed by atoms with van der Waals surface area (Å²) in [6.45, 7) is 14.4. The highest BCUT2D eigenvalue weighted by atomic mass is 32.3. The molecule has 94 valence electrons. The SMILES string of the molecule is CCCC(CC)C(C)S(C)(CC)C(C)C. The maximum absolute atomic E-state index is 2.57. The molecule has 0 bridgehead atoms. The van der Waals surface area contributed by atoms with Gasteiger partial charge < -0.3 is 0 Å². The molecule has 0 radical (unpaired) electrons. The van der Waals surface area contributed by atoms with Gasteiger partial charge in [-0.2, -0.15) is 0 Å². The quantitative estimate of drug-likeness (QED) is 0.575. The molecule has 0 aliphatic carbocycles. The van der Waals surface area contributed by atoms with Crippen molar-refractivity contribution in [1.82, 2.24) is 0 Å². The van der Waals surface area contributed by atoms with Crippen molar-refractivity contribution in [2.75, 3.05) is 12.0 Å². The molecule has 0 aliphatic rings. The first kappa shape index (κ1) is 15.3. The van der Waals surface area contributed by atoms with Gasteiger partial charge in [0.05, 0.1) is 0 Å². The molecule has 0 heterocycles. The lowest BCUT2D eigenvalue weighted by Crippen LogP contribution is -2.30. The predicted octanol–water partition coefficient (Wildman–Crippen LogP) is 5.06. The molecule has 0 spiro atoms. The normalized spacial score (nSPS) is 22.1. The van der Waals surface area contributed by atoms with Gasteiger partial charge in [0.2, 0.25) is 0 Å². The van der Waals surface area contributed by atoms with Gasteiger partial charge in [0.15, 0.2) is 0 Å². The number of hydrogen-bond acceptors (Lipinski definition) is 0.